The van der Waals surface area contributed by atoms with Crippen LogP contribution in [0, 0.1) is 5.92 Å². The van der Waals surface area contributed by atoms with Crippen LogP contribution in [0.4, 0.5) is 32.3 Å². The van der Waals surface area contributed by atoms with E-state index in [4.69, 9.17) is 0 Å². The Labute approximate surface area is 159 Å². The van der Waals surface area contributed by atoms with Crippen molar-refractivity contribution in [2.75, 3.05) is 24.5 Å². The Morgan fingerprint density at radius 2 is 1.76 bits per heavy atom. The number of aromatic nitrogens is 4. The number of alkyl halides is 6. The van der Waals surface area contributed by atoms with Crippen LogP contribution in [0.3, 0.4) is 0 Å². The van der Waals surface area contributed by atoms with Gasteiger partial charge in [-0.2, -0.15) is 31.3 Å². The number of halogens is 6. The van der Waals surface area contributed by atoms with E-state index in [0.717, 1.165) is 0 Å². The Morgan fingerprint density at radius 1 is 1.14 bits per heavy atom. The first-order valence-electron chi connectivity index (χ1n) is 8.37. The molecule has 1 aliphatic rings. The molecule has 158 valence electrons. The minimum atomic E-state index is -4.91. The summed E-state index contributed by atoms with van der Waals surface area (Å²) in [5.41, 5.74) is 0.137. The number of carbonyl (C=O) groups excluding carboxylic acids is 1. The van der Waals surface area contributed by atoms with Gasteiger partial charge in [0.1, 0.15) is 0 Å². The van der Waals surface area contributed by atoms with E-state index in [-0.39, 0.29) is 23.9 Å². The highest BCUT2D eigenvalue weighted by atomic mass is 19.4. The van der Waals surface area contributed by atoms with E-state index in [1.54, 1.807) is 4.90 Å². The van der Waals surface area contributed by atoms with Gasteiger partial charge < -0.3 is 14.7 Å². The van der Waals surface area contributed by atoms with Crippen LogP contribution >= 0.6 is 0 Å². The summed E-state index contributed by atoms with van der Waals surface area (Å²) in [6, 6.07) is 0. The smallest absolute Gasteiger partial charge is 0.348 e. The second-order valence-electron chi connectivity index (χ2n) is 6.33. The Kier molecular flexibility index (Phi) is 5.61. The van der Waals surface area contributed by atoms with E-state index in [1.807, 2.05) is 5.32 Å². The Balaban J connectivity index is 1.54. The topological polar surface area (TPSA) is 97.0 Å². The van der Waals surface area contributed by atoms with Crippen LogP contribution in [0.2, 0.25) is 0 Å². The number of carbonyl (C=O) groups is 1. The fourth-order valence-corrected chi connectivity index (χ4v) is 2.73. The summed E-state index contributed by atoms with van der Waals surface area (Å²) in [4.78, 5) is 24.0. The molecule has 29 heavy (non-hydrogen) atoms. The highest BCUT2D eigenvalue weighted by molar-refractivity contribution is 5.81. The Bertz CT molecular complexity index is 842. The van der Waals surface area contributed by atoms with Gasteiger partial charge in [0.25, 0.3) is 0 Å². The van der Waals surface area contributed by atoms with Gasteiger partial charge in [0.05, 0.1) is 5.56 Å². The van der Waals surface area contributed by atoms with Gasteiger partial charge in [-0.15, -0.1) is 0 Å². The van der Waals surface area contributed by atoms with Gasteiger partial charge in [-0.05, 0) is 18.8 Å². The molecule has 0 aromatic carbocycles. The molecule has 1 saturated heterocycles. The van der Waals surface area contributed by atoms with Crippen LogP contribution in [0.25, 0.3) is 11.4 Å². The van der Waals surface area contributed by atoms with Crippen molar-refractivity contribution in [3.63, 3.8) is 0 Å². The third kappa shape index (κ3) is 5.12. The molecular weight excluding hydrogens is 410 g/mol. The highest BCUT2D eigenvalue weighted by Crippen LogP contribution is 2.29. The normalized spacial score (nSPS) is 16.1. The van der Waals surface area contributed by atoms with E-state index >= 15 is 0 Å². The SMILES string of the molecule is O=C(NCC1CCN(c2ncc(-c3noc(C(F)(F)F)n3)cn2)CC1)C(F)(F)F. The van der Waals surface area contributed by atoms with Gasteiger partial charge in [-0.3, -0.25) is 4.79 Å². The summed E-state index contributed by atoms with van der Waals surface area (Å²) in [6.45, 7) is 0.823. The van der Waals surface area contributed by atoms with Crippen molar-refractivity contribution >= 4 is 11.9 Å². The maximum absolute atomic E-state index is 12.5. The predicted molar refractivity (Wildman–Crippen MR) is 84.3 cm³/mol. The highest BCUT2D eigenvalue weighted by Gasteiger charge is 2.39. The molecule has 0 spiro atoms. The van der Waals surface area contributed by atoms with Crippen LogP contribution in [0.15, 0.2) is 16.9 Å². The van der Waals surface area contributed by atoms with E-state index in [0.29, 0.717) is 31.9 Å². The molecule has 1 N–H and O–H groups in total. The standard InChI is InChI=1S/C15H14F6N6O2/c16-14(17,18)11(28)22-5-8-1-3-27(4-2-8)13-23-6-9(7-24-13)10-25-12(29-26-10)15(19,20)21/h6-8H,1-5H2,(H,22,28). The quantitative estimate of drug-likeness (QED) is 0.753. The zero-order valence-corrected chi connectivity index (χ0v) is 14.6. The lowest BCUT2D eigenvalue weighted by Gasteiger charge is -2.32. The number of hydrogen-bond acceptors (Lipinski definition) is 7. The molecule has 0 radical (unpaired) electrons. The number of amides is 1. The Morgan fingerprint density at radius 3 is 2.28 bits per heavy atom. The van der Waals surface area contributed by atoms with Crippen molar-refractivity contribution in [1.29, 1.82) is 0 Å². The van der Waals surface area contributed by atoms with Crippen LogP contribution in [-0.4, -0.2) is 51.8 Å². The monoisotopic (exact) mass is 424 g/mol. The van der Waals surface area contributed by atoms with Crippen molar-refractivity contribution in [1.82, 2.24) is 25.4 Å². The van der Waals surface area contributed by atoms with Gasteiger partial charge in [0.2, 0.25) is 11.8 Å². The van der Waals surface area contributed by atoms with Crippen molar-refractivity contribution in [2.45, 2.75) is 25.2 Å². The molecule has 3 rings (SSSR count). The molecule has 2 aromatic rings. The van der Waals surface area contributed by atoms with Crippen molar-refractivity contribution in [3.05, 3.63) is 18.3 Å². The maximum Gasteiger partial charge on any atom is 0.471 e. The molecule has 0 atom stereocenters. The molecule has 0 bridgehead atoms. The molecule has 1 amide bonds. The number of nitrogens with zero attached hydrogens (tertiary/aromatic N) is 5. The minimum absolute atomic E-state index is 0.0780. The lowest BCUT2D eigenvalue weighted by atomic mass is 9.97. The molecule has 1 aliphatic heterocycles. The van der Waals surface area contributed by atoms with Crippen molar-refractivity contribution < 1.29 is 35.7 Å². The molecular formula is C15H14F6N6O2. The van der Waals surface area contributed by atoms with Crippen molar-refractivity contribution in [3.8, 4) is 11.4 Å². The summed E-state index contributed by atoms with van der Waals surface area (Å²) in [7, 11) is 0. The number of nitrogens with one attached hydrogen (secondary N) is 1. The summed E-state index contributed by atoms with van der Waals surface area (Å²) in [6.07, 6.45) is -6.12. The molecule has 0 aliphatic carbocycles. The van der Waals surface area contributed by atoms with Crippen molar-refractivity contribution in [2.24, 2.45) is 5.92 Å². The zero-order valence-electron chi connectivity index (χ0n) is 14.6. The van der Waals surface area contributed by atoms with Gasteiger partial charge in [-0.1, -0.05) is 5.16 Å². The van der Waals surface area contributed by atoms with Crippen LogP contribution in [0.5, 0.6) is 0 Å². The Hall–Kier alpha value is -2.93. The third-order valence-corrected chi connectivity index (χ3v) is 4.27. The van der Waals surface area contributed by atoms with Gasteiger partial charge in [0.15, 0.2) is 0 Å². The summed E-state index contributed by atoms with van der Waals surface area (Å²) < 4.78 is 78.2. The fourth-order valence-electron chi connectivity index (χ4n) is 2.73. The van der Waals surface area contributed by atoms with E-state index < -0.39 is 24.2 Å². The van der Waals surface area contributed by atoms with Crippen LogP contribution < -0.4 is 10.2 Å². The average Bonchev–Trinajstić information content (AvgIpc) is 3.16. The molecule has 1 fully saturated rings. The van der Waals surface area contributed by atoms with Gasteiger partial charge in [-0.25, -0.2) is 9.97 Å². The molecule has 0 unspecified atom stereocenters. The summed E-state index contributed by atoms with van der Waals surface area (Å²) in [5, 5.41) is 5.11. The molecule has 3 heterocycles. The van der Waals surface area contributed by atoms with Gasteiger partial charge >= 0.3 is 24.2 Å². The fraction of sp³-hybridized carbons (Fsp3) is 0.533. The van der Waals surface area contributed by atoms with Crippen LogP contribution in [0.1, 0.15) is 18.7 Å². The molecule has 8 nitrogen and oxygen atoms in total. The molecule has 2 aromatic heterocycles. The molecule has 14 heteroatoms. The maximum atomic E-state index is 12.5. The second-order valence-corrected chi connectivity index (χ2v) is 6.33. The number of hydrogen-bond donors (Lipinski definition) is 1. The number of piperidine rings is 1. The van der Waals surface area contributed by atoms with Crippen LogP contribution in [-0.2, 0) is 11.0 Å². The van der Waals surface area contributed by atoms with E-state index in [2.05, 4.69) is 24.6 Å². The lowest BCUT2D eigenvalue weighted by molar-refractivity contribution is -0.173. The van der Waals surface area contributed by atoms with Gasteiger partial charge in [0, 0.05) is 32.0 Å². The second kappa shape index (κ2) is 7.83. The van der Waals surface area contributed by atoms with E-state index in [1.165, 1.54) is 12.4 Å². The first-order chi connectivity index (χ1) is 13.5. The predicted octanol–water partition coefficient (Wildman–Crippen LogP) is 2.44. The minimum Gasteiger partial charge on any atom is -0.348 e. The zero-order chi connectivity index (χ0) is 21.2. The lowest BCUT2D eigenvalue weighted by Crippen LogP contribution is -2.43. The first-order valence-corrected chi connectivity index (χ1v) is 8.37. The largest absolute Gasteiger partial charge is 0.471 e. The molecule has 0 saturated carbocycles. The first kappa shape index (κ1) is 20.8. The average molecular weight is 424 g/mol. The number of rotatable bonds is 4. The third-order valence-electron chi connectivity index (χ3n) is 4.27. The summed E-state index contributed by atoms with van der Waals surface area (Å²) >= 11 is 0. The van der Waals surface area contributed by atoms with E-state index in [9.17, 15) is 31.1 Å². The number of anilines is 1. The summed E-state index contributed by atoms with van der Waals surface area (Å²) in [5.74, 6) is -3.55.